The molecule has 0 spiro atoms. The summed E-state index contributed by atoms with van der Waals surface area (Å²) in [7, 11) is 0. The van der Waals surface area contributed by atoms with Gasteiger partial charge in [0.25, 0.3) is 0 Å². The lowest BCUT2D eigenvalue weighted by Crippen LogP contribution is -2.61. The molecule has 4 unspecified atom stereocenters. The number of ether oxygens (including phenoxy) is 5. The predicted molar refractivity (Wildman–Crippen MR) is 185 cm³/mol. The number of cyclic esters (lactones) is 1. The third-order valence-electron chi connectivity index (χ3n) is 12.1. The number of aliphatic hydroxyl groups is 1. The molecule has 2 saturated heterocycles. The van der Waals surface area contributed by atoms with Crippen molar-refractivity contribution in [3.8, 4) is 0 Å². The third kappa shape index (κ3) is 9.99. The van der Waals surface area contributed by atoms with Gasteiger partial charge in [0.05, 0.1) is 41.7 Å². The van der Waals surface area contributed by atoms with Gasteiger partial charge in [-0.1, -0.05) is 34.6 Å². The largest absolute Gasteiger partial charge is 0.463 e. The van der Waals surface area contributed by atoms with Crippen molar-refractivity contribution in [2.45, 2.75) is 170 Å². The molecule has 10 heteroatoms. The molecule has 2 heterocycles. The zero-order chi connectivity index (χ0) is 37.1. The molecule has 282 valence electrons. The zero-order valence-corrected chi connectivity index (χ0v) is 32.3. The van der Waals surface area contributed by atoms with E-state index in [1.165, 1.54) is 6.42 Å². The van der Waals surface area contributed by atoms with E-state index < -0.39 is 39.5 Å². The van der Waals surface area contributed by atoms with Gasteiger partial charge < -0.3 is 28.8 Å². The highest BCUT2D eigenvalue weighted by molar-refractivity contribution is 5.82. The van der Waals surface area contributed by atoms with Gasteiger partial charge in [0, 0.05) is 19.3 Å². The van der Waals surface area contributed by atoms with Crippen LogP contribution in [0.25, 0.3) is 0 Å². The van der Waals surface area contributed by atoms with Crippen LogP contribution in [0.15, 0.2) is 0 Å². The van der Waals surface area contributed by atoms with Crippen molar-refractivity contribution in [3.05, 3.63) is 0 Å². The maximum Gasteiger partial charge on any atom is 0.347 e. The first-order valence-electron chi connectivity index (χ1n) is 18.7. The molecule has 4 bridgehead atoms. The molecule has 0 radical (unpaired) electrons. The Labute approximate surface area is 295 Å². The second-order valence-electron chi connectivity index (χ2n) is 17.7. The Bertz CT molecular complexity index is 1160. The normalized spacial score (nSPS) is 32.0. The number of esters is 4. The Morgan fingerprint density at radius 3 is 1.73 bits per heavy atom. The summed E-state index contributed by atoms with van der Waals surface area (Å²) in [5, 5.41) is 10.6. The van der Waals surface area contributed by atoms with E-state index in [2.05, 4.69) is 13.8 Å². The third-order valence-corrected chi connectivity index (χ3v) is 12.1. The van der Waals surface area contributed by atoms with Crippen LogP contribution in [0.3, 0.4) is 0 Å². The molecule has 6 fully saturated rings. The first-order chi connectivity index (χ1) is 22.6. The molecule has 0 aromatic carbocycles. The van der Waals surface area contributed by atoms with Gasteiger partial charge in [0.15, 0.2) is 0 Å². The van der Waals surface area contributed by atoms with Crippen LogP contribution in [0.4, 0.5) is 0 Å². The number of hydrogen-bond acceptors (Lipinski definition) is 10. The van der Waals surface area contributed by atoms with Gasteiger partial charge in [-0.2, -0.15) is 0 Å². The predicted octanol–water partition coefficient (Wildman–Crippen LogP) is 7.11. The Kier molecular flexibility index (Phi) is 13.1. The molecule has 10 nitrogen and oxygen atoms in total. The topological polar surface area (TPSA) is 135 Å². The van der Waals surface area contributed by atoms with Crippen LogP contribution in [0, 0.1) is 34.0 Å². The second kappa shape index (κ2) is 15.6. The van der Waals surface area contributed by atoms with Gasteiger partial charge in [-0.3, -0.25) is 14.4 Å². The first-order valence-corrected chi connectivity index (χ1v) is 18.7. The molecular weight excluding hydrogens is 628 g/mol. The highest BCUT2D eigenvalue weighted by Crippen LogP contribution is 2.59. The van der Waals surface area contributed by atoms with Crippen molar-refractivity contribution in [2.24, 2.45) is 34.0 Å². The summed E-state index contributed by atoms with van der Waals surface area (Å²) < 4.78 is 26.9. The minimum atomic E-state index is -0.687. The van der Waals surface area contributed by atoms with Crippen molar-refractivity contribution in [2.75, 3.05) is 19.8 Å². The lowest BCUT2D eigenvalue weighted by atomic mass is 9.52. The summed E-state index contributed by atoms with van der Waals surface area (Å²) in [4.78, 5) is 47.1. The van der Waals surface area contributed by atoms with E-state index in [1.54, 1.807) is 13.8 Å². The first kappa shape index (κ1) is 41.2. The Morgan fingerprint density at radius 2 is 1.33 bits per heavy atom. The standard InChI is InChI=1S/C16H26O3.C13H24O3.C10H16O4/c1-4-14(2,3)13(17)19-16-8-11-5-12(9-16)7-15(18,6-11)10-16;1-6-12(4,5)11(14)16-13(10(2)3)7-8-15-9-13;1-4-10(2,3)9(12)14-7-5-6-13-8(7)11/h11-12,18H,4-10H2,1-3H3;10H,6-9H2,1-5H3;7H,4-6H2,1-3H3. The van der Waals surface area contributed by atoms with Crippen LogP contribution >= 0.6 is 0 Å². The van der Waals surface area contributed by atoms with E-state index in [0.29, 0.717) is 56.8 Å². The van der Waals surface area contributed by atoms with Crippen LogP contribution in [0.1, 0.15) is 147 Å². The van der Waals surface area contributed by atoms with Gasteiger partial charge in [-0.05, 0) is 111 Å². The summed E-state index contributed by atoms with van der Waals surface area (Å²) in [6, 6.07) is 0. The minimum absolute atomic E-state index is 0.0828. The molecule has 0 aromatic heterocycles. The van der Waals surface area contributed by atoms with Crippen LogP contribution in [0.2, 0.25) is 0 Å². The second-order valence-corrected chi connectivity index (χ2v) is 17.7. The van der Waals surface area contributed by atoms with Crippen LogP contribution < -0.4 is 0 Å². The average Bonchev–Trinajstić information content (AvgIpc) is 3.65. The average molecular weight is 695 g/mol. The maximum absolute atomic E-state index is 12.4. The summed E-state index contributed by atoms with van der Waals surface area (Å²) >= 11 is 0. The molecule has 4 saturated carbocycles. The quantitative estimate of drug-likeness (QED) is 0.186. The zero-order valence-electron chi connectivity index (χ0n) is 32.3. The van der Waals surface area contributed by atoms with Crippen molar-refractivity contribution in [1.82, 2.24) is 0 Å². The Balaban J connectivity index is 0.000000202. The van der Waals surface area contributed by atoms with E-state index in [9.17, 15) is 24.3 Å². The van der Waals surface area contributed by atoms with Gasteiger partial charge in [-0.15, -0.1) is 0 Å². The molecule has 49 heavy (non-hydrogen) atoms. The van der Waals surface area contributed by atoms with Crippen LogP contribution in [0.5, 0.6) is 0 Å². The number of hydrogen-bond donors (Lipinski definition) is 1. The smallest absolute Gasteiger partial charge is 0.347 e. The van der Waals surface area contributed by atoms with Crippen molar-refractivity contribution in [3.63, 3.8) is 0 Å². The fourth-order valence-electron chi connectivity index (χ4n) is 7.43. The van der Waals surface area contributed by atoms with Gasteiger partial charge in [0.1, 0.15) is 11.2 Å². The van der Waals surface area contributed by atoms with E-state index in [1.807, 2.05) is 48.5 Å². The highest BCUT2D eigenvalue weighted by Gasteiger charge is 2.59. The molecule has 6 rings (SSSR count). The minimum Gasteiger partial charge on any atom is -0.463 e. The molecule has 6 aliphatic rings. The van der Waals surface area contributed by atoms with Gasteiger partial charge in [0.2, 0.25) is 6.10 Å². The SMILES string of the molecule is CCC(C)(C)C(=O)OC1(C(C)C)CCOC1.CCC(C)(C)C(=O)OC12CC3CC(CC(O)(C3)C1)C2.CCC(C)(C)C(=O)OC1CCOC1=O. The van der Waals surface area contributed by atoms with E-state index >= 15 is 0 Å². The van der Waals surface area contributed by atoms with Crippen molar-refractivity contribution in [1.29, 1.82) is 0 Å². The molecule has 4 atom stereocenters. The summed E-state index contributed by atoms with van der Waals surface area (Å²) in [6.45, 7) is 23.1. The lowest BCUT2D eigenvalue weighted by Gasteiger charge is -2.59. The molecule has 4 aliphatic carbocycles. The van der Waals surface area contributed by atoms with E-state index in [-0.39, 0.29) is 23.5 Å². The van der Waals surface area contributed by atoms with E-state index in [4.69, 9.17) is 23.7 Å². The molecule has 0 amide bonds. The summed E-state index contributed by atoms with van der Waals surface area (Å²) in [6.07, 6.45) is 8.54. The van der Waals surface area contributed by atoms with Crippen LogP contribution in [-0.2, 0) is 42.9 Å². The van der Waals surface area contributed by atoms with Gasteiger partial charge in [-0.25, -0.2) is 4.79 Å². The summed E-state index contributed by atoms with van der Waals surface area (Å²) in [5.41, 5.74) is -2.65. The highest BCUT2D eigenvalue weighted by atomic mass is 16.6. The molecule has 0 aromatic rings. The Morgan fingerprint density at radius 1 is 0.816 bits per heavy atom. The molecular formula is C39H66O10. The van der Waals surface area contributed by atoms with Crippen molar-refractivity contribution < 1.29 is 48.0 Å². The molecule has 2 aliphatic heterocycles. The fraction of sp³-hybridized carbons (Fsp3) is 0.897. The summed E-state index contributed by atoms with van der Waals surface area (Å²) in [5.74, 6) is 0.475. The molecule has 1 N–H and O–H groups in total. The van der Waals surface area contributed by atoms with E-state index in [0.717, 1.165) is 44.9 Å². The van der Waals surface area contributed by atoms with Crippen LogP contribution in [-0.4, -0.2) is 71.7 Å². The number of rotatable bonds is 10. The lowest BCUT2D eigenvalue weighted by molar-refractivity contribution is -0.225. The monoisotopic (exact) mass is 694 g/mol. The number of carbonyl (C=O) groups is 4. The van der Waals surface area contributed by atoms with Gasteiger partial charge >= 0.3 is 23.9 Å². The van der Waals surface area contributed by atoms with Crippen molar-refractivity contribution >= 4 is 23.9 Å². The number of carbonyl (C=O) groups excluding carboxylic acids is 4. The fourth-order valence-corrected chi connectivity index (χ4v) is 7.43. The maximum atomic E-state index is 12.4. The Hall–Kier alpha value is -2.20.